The number of nitrogens with zero attached hydrogens (tertiary/aromatic N) is 2. The fraction of sp³-hybridized carbons (Fsp3) is 0. The molecule has 3 nitrogen and oxygen atoms in total. The maximum Gasteiger partial charge on any atom is 0.145 e. The molecule has 0 N–H and O–H groups in total. The first-order valence-corrected chi connectivity index (χ1v) is 19.6. The molecule has 0 aliphatic rings. The van der Waals surface area contributed by atoms with E-state index in [-0.39, 0.29) is 0 Å². The van der Waals surface area contributed by atoms with E-state index in [1.54, 1.807) is 0 Å². The van der Waals surface area contributed by atoms with E-state index >= 15 is 0 Å². The van der Waals surface area contributed by atoms with Gasteiger partial charge in [0.15, 0.2) is 0 Å². The van der Waals surface area contributed by atoms with Crippen molar-refractivity contribution in [2.24, 2.45) is 0 Å². The fourth-order valence-corrected chi connectivity index (χ4v) is 9.82. The molecule has 57 heavy (non-hydrogen) atoms. The molecule has 0 aliphatic heterocycles. The lowest BCUT2D eigenvalue weighted by Crippen LogP contribution is -1.93. The van der Waals surface area contributed by atoms with Crippen molar-refractivity contribution in [2.75, 3.05) is 0 Å². The quantitative estimate of drug-likeness (QED) is 0.166. The largest absolute Gasteiger partial charge is 0.455 e. The molecule has 3 heterocycles. The van der Waals surface area contributed by atoms with Crippen LogP contribution in [0.1, 0.15) is 0 Å². The minimum atomic E-state index is 0.925. The van der Waals surface area contributed by atoms with Crippen LogP contribution in [0.2, 0.25) is 0 Å². The molecule has 3 aromatic heterocycles. The van der Waals surface area contributed by atoms with Crippen LogP contribution in [0.5, 0.6) is 0 Å². The first-order chi connectivity index (χ1) is 28.3. The molecule has 0 saturated heterocycles. The van der Waals surface area contributed by atoms with Gasteiger partial charge in [-0.05, 0) is 110 Å². The molecule has 13 aromatic rings. The molecule has 10 aromatic carbocycles. The van der Waals surface area contributed by atoms with Crippen molar-refractivity contribution >= 4 is 97.9 Å². The Kier molecular flexibility index (Phi) is 6.16. The highest BCUT2D eigenvalue weighted by Crippen LogP contribution is 2.45. The smallest absolute Gasteiger partial charge is 0.145 e. The van der Waals surface area contributed by atoms with E-state index in [1.165, 1.54) is 59.7 Å². The first-order valence-electron chi connectivity index (χ1n) is 19.6. The number of fused-ring (bicyclic) bond motifs is 17. The molecule has 0 fully saturated rings. The third-order valence-electron chi connectivity index (χ3n) is 12.3. The van der Waals surface area contributed by atoms with Crippen LogP contribution in [-0.4, -0.2) is 9.13 Å². The Morgan fingerprint density at radius 2 is 0.667 bits per heavy atom. The number of rotatable bonds is 3. The van der Waals surface area contributed by atoms with Crippen molar-refractivity contribution in [1.29, 1.82) is 0 Å². The van der Waals surface area contributed by atoms with E-state index in [0.717, 1.165) is 60.6 Å². The third-order valence-corrected chi connectivity index (χ3v) is 12.3. The number of furan rings is 1. The molecule has 0 radical (unpaired) electrons. The number of para-hydroxylation sites is 3. The summed E-state index contributed by atoms with van der Waals surface area (Å²) >= 11 is 0. The molecule has 0 unspecified atom stereocenters. The summed E-state index contributed by atoms with van der Waals surface area (Å²) in [6.45, 7) is 0. The van der Waals surface area contributed by atoms with Crippen LogP contribution in [0.25, 0.3) is 120 Å². The van der Waals surface area contributed by atoms with Crippen LogP contribution >= 0.6 is 0 Å². The minimum absolute atomic E-state index is 0.925. The van der Waals surface area contributed by atoms with Crippen molar-refractivity contribution in [3.05, 3.63) is 194 Å². The standard InChI is InChI=1S/C54H32N2O/c1-2-12-35(13-3-1)55-47-20-10-8-18-44(47)51-49(55)30-28-42-43-29-31-50-52(54(43)57-53(42)51)45-19-9-11-21-48(45)56(50)36-25-22-33(23-26-36)34-24-27-41-39-16-5-4-14-37(39)38-15-6-7-17-40(38)46(41)32-34/h1-32H. The Balaban J connectivity index is 1.000. The predicted molar refractivity (Wildman–Crippen MR) is 240 cm³/mol. The SMILES string of the molecule is c1ccc(-n2c3ccccc3c3c4oc5c(ccc6c5c5ccccc5n6-c5ccc(-c6ccc7c8ccccc8c8ccccc8c7c6)cc5)c4ccc32)cc1. The summed E-state index contributed by atoms with van der Waals surface area (Å²) in [6, 6.07) is 70.5. The number of benzene rings is 10. The molecule has 0 spiro atoms. The molecule has 0 amide bonds. The van der Waals surface area contributed by atoms with Gasteiger partial charge in [-0.2, -0.15) is 0 Å². The summed E-state index contributed by atoms with van der Waals surface area (Å²) in [5.74, 6) is 0. The molecular formula is C54H32N2O. The van der Waals surface area contributed by atoms with Crippen molar-refractivity contribution in [2.45, 2.75) is 0 Å². The lowest BCUT2D eigenvalue weighted by Gasteiger charge is -2.13. The highest BCUT2D eigenvalue weighted by atomic mass is 16.3. The number of aromatic nitrogens is 2. The van der Waals surface area contributed by atoms with E-state index in [2.05, 4.69) is 203 Å². The van der Waals surface area contributed by atoms with Gasteiger partial charge in [0.25, 0.3) is 0 Å². The van der Waals surface area contributed by atoms with Gasteiger partial charge in [-0.15, -0.1) is 0 Å². The zero-order valence-electron chi connectivity index (χ0n) is 30.8. The van der Waals surface area contributed by atoms with Crippen LogP contribution in [-0.2, 0) is 0 Å². The second-order valence-corrected chi connectivity index (χ2v) is 15.2. The monoisotopic (exact) mass is 724 g/mol. The highest BCUT2D eigenvalue weighted by Gasteiger charge is 2.22. The van der Waals surface area contributed by atoms with Gasteiger partial charge < -0.3 is 13.6 Å². The summed E-state index contributed by atoms with van der Waals surface area (Å²) in [6.07, 6.45) is 0. The van der Waals surface area contributed by atoms with Gasteiger partial charge in [-0.3, -0.25) is 0 Å². The van der Waals surface area contributed by atoms with E-state index in [9.17, 15) is 0 Å². The zero-order chi connectivity index (χ0) is 37.2. The lowest BCUT2D eigenvalue weighted by molar-refractivity contribution is 0.677. The highest BCUT2D eigenvalue weighted by molar-refractivity contribution is 6.29. The topological polar surface area (TPSA) is 23.0 Å². The third kappa shape index (κ3) is 4.20. The van der Waals surface area contributed by atoms with Gasteiger partial charge in [-0.25, -0.2) is 0 Å². The Morgan fingerprint density at radius 1 is 0.263 bits per heavy atom. The fourth-order valence-electron chi connectivity index (χ4n) is 9.82. The first kappa shape index (κ1) is 30.7. The second-order valence-electron chi connectivity index (χ2n) is 15.2. The Bertz CT molecular complexity index is 3750. The van der Waals surface area contributed by atoms with Crippen LogP contribution in [0.4, 0.5) is 0 Å². The normalized spacial score (nSPS) is 12.2. The second kappa shape index (κ2) is 11.5. The summed E-state index contributed by atoms with van der Waals surface area (Å²) in [4.78, 5) is 0. The van der Waals surface area contributed by atoms with Crippen LogP contribution in [0, 0.1) is 0 Å². The van der Waals surface area contributed by atoms with E-state index in [1.807, 2.05) is 0 Å². The Hall–Kier alpha value is -7.62. The zero-order valence-corrected chi connectivity index (χ0v) is 30.8. The molecule has 0 aliphatic carbocycles. The van der Waals surface area contributed by atoms with Crippen molar-refractivity contribution in [1.82, 2.24) is 9.13 Å². The van der Waals surface area contributed by atoms with Crippen LogP contribution in [0.3, 0.4) is 0 Å². The van der Waals surface area contributed by atoms with E-state index in [0.29, 0.717) is 0 Å². The van der Waals surface area contributed by atoms with Crippen LogP contribution < -0.4 is 0 Å². The summed E-state index contributed by atoms with van der Waals surface area (Å²) in [5, 5.41) is 14.6. The molecule has 0 bridgehead atoms. The summed E-state index contributed by atoms with van der Waals surface area (Å²) in [5.41, 5.74) is 11.1. The lowest BCUT2D eigenvalue weighted by atomic mass is 9.92. The van der Waals surface area contributed by atoms with Crippen molar-refractivity contribution in [3.63, 3.8) is 0 Å². The maximum absolute atomic E-state index is 7.14. The Morgan fingerprint density at radius 3 is 1.21 bits per heavy atom. The molecule has 3 heteroatoms. The number of hydrogen-bond acceptors (Lipinski definition) is 1. The van der Waals surface area contributed by atoms with E-state index in [4.69, 9.17) is 4.42 Å². The van der Waals surface area contributed by atoms with Gasteiger partial charge >= 0.3 is 0 Å². The molecule has 0 saturated carbocycles. The molecule has 13 rings (SSSR count). The van der Waals surface area contributed by atoms with Gasteiger partial charge in [-0.1, -0.05) is 127 Å². The average molecular weight is 725 g/mol. The number of hydrogen-bond donors (Lipinski definition) is 0. The van der Waals surface area contributed by atoms with Crippen molar-refractivity contribution in [3.8, 4) is 22.5 Å². The average Bonchev–Trinajstić information content (AvgIpc) is 3.94. The van der Waals surface area contributed by atoms with Gasteiger partial charge in [0.1, 0.15) is 11.2 Å². The molecular weight excluding hydrogens is 693 g/mol. The van der Waals surface area contributed by atoms with E-state index < -0.39 is 0 Å². The van der Waals surface area contributed by atoms with Gasteiger partial charge in [0, 0.05) is 32.9 Å². The van der Waals surface area contributed by atoms with Gasteiger partial charge in [0.2, 0.25) is 0 Å². The predicted octanol–water partition coefficient (Wildman–Crippen LogP) is 14.9. The summed E-state index contributed by atoms with van der Waals surface area (Å²) < 4.78 is 11.9. The van der Waals surface area contributed by atoms with Gasteiger partial charge in [0.05, 0.1) is 32.8 Å². The van der Waals surface area contributed by atoms with Crippen LogP contribution in [0.15, 0.2) is 199 Å². The Labute approximate surface area is 326 Å². The minimum Gasteiger partial charge on any atom is -0.455 e. The molecule has 0 atom stereocenters. The molecule has 264 valence electrons. The maximum atomic E-state index is 7.14. The van der Waals surface area contributed by atoms with Crippen molar-refractivity contribution < 1.29 is 4.42 Å². The summed E-state index contributed by atoms with van der Waals surface area (Å²) in [7, 11) is 0.